The normalized spacial score (nSPS) is 14.8. The van der Waals surface area contributed by atoms with Gasteiger partial charge in [-0.05, 0) is 43.8 Å². The lowest BCUT2D eigenvalue weighted by Gasteiger charge is -2.34. The average Bonchev–Trinajstić information content (AvgIpc) is 2.16. The maximum atomic E-state index is 5.75. The van der Waals surface area contributed by atoms with Crippen molar-refractivity contribution in [3.8, 4) is 0 Å². The Labute approximate surface area is 106 Å². The molecule has 16 heavy (non-hydrogen) atoms. The molecule has 0 spiro atoms. The van der Waals surface area contributed by atoms with E-state index in [9.17, 15) is 0 Å². The molecule has 0 aliphatic heterocycles. The lowest BCUT2D eigenvalue weighted by atomic mass is 9.85. The lowest BCUT2D eigenvalue weighted by molar-refractivity contribution is 0.0212. The van der Waals surface area contributed by atoms with E-state index < -0.39 is 0 Å². The summed E-state index contributed by atoms with van der Waals surface area (Å²) < 4.78 is 5.75. The van der Waals surface area contributed by atoms with Crippen molar-refractivity contribution in [2.75, 3.05) is 0 Å². The molecule has 2 N–H and O–H groups in total. The molecular weight excluding hydrogens is 218 g/mol. The highest BCUT2D eigenvalue weighted by Crippen LogP contribution is 2.31. The zero-order valence-corrected chi connectivity index (χ0v) is 12.0. The van der Waals surface area contributed by atoms with Crippen LogP contribution in [0.4, 0.5) is 0 Å². The number of nitrogens with two attached hydrogens (primary N) is 1. The van der Waals surface area contributed by atoms with Crippen LogP contribution in [0.15, 0.2) is 0 Å². The van der Waals surface area contributed by atoms with Crippen molar-refractivity contribution in [1.82, 2.24) is 0 Å². The monoisotopic (exact) mass is 245 g/mol. The largest absolute Gasteiger partial charge is 0.465 e. The molecule has 0 bridgehead atoms. The molecule has 0 aliphatic carbocycles. The second-order valence-electron chi connectivity index (χ2n) is 5.01. The molecule has 0 aromatic rings. The number of unbranched alkanes of at least 4 members (excludes halogenated alkanes) is 2. The van der Waals surface area contributed by atoms with Crippen molar-refractivity contribution in [2.24, 2.45) is 11.7 Å². The molecule has 0 heterocycles. The minimum atomic E-state index is -0.130. The van der Waals surface area contributed by atoms with Crippen LogP contribution in [-0.4, -0.2) is 10.8 Å². The van der Waals surface area contributed by atoms with E-state index in [1.807, 2.05) is 0 Å². The number of thiocarbonyl (C=S) groups is 1. The van der Waals surface area contributed by atoms with E-state index in [4.69, 9.17) is 22.7 Å². The number of ether oxygens (including phenoxy) is 1. The molecule has 0 rings (SSSR count). The summed E-state index contributed by atoms with van der Waals surface area (Å²) in [6, 6.07) is 0. The topological polar surface area (TPSA) is 35.2 Å². The predicted molar refractivity (Wildman–Crippen MR) is 74.5 cm³/mol. The summed E-state index contributed by atoms with van der Waals surface area (Å²) in [5.74, 6) is 0.607. The molecule has 0 aromatic heterocycles. The fourth-order valence-corrected chi connectivity index (χ4v) is 2.42. The molecular formula is C13H27NOS. The Morgan fingerprint density at radius 3 is 2.31 bits per heavy atom. The van der Waals surface area contributed by atoms with E-state index in [2.05, 4.69) is 27.7 Å². The third-order valence-corrected chi connectivity index (χ3v) is 3.06. The van der Waals surface area contributed by atoms with E-state index in [0.29, 0.717) is 5.92 Å². The Morgan fingerprint density at radius 2 is 1.94 bits per heavy atom. The summed E-state index contributed by atoms with van der Waals surface area (Å²) >= 11 is 4.90. The highest BCUT2D eigenvalue weighted by Gasteiger charge is 2.31. The first-order valence-corrected chi connectivity index (χ1v) is 6.85. The van der Waals surface area contributed by atoms with Gasteiger partial charge in [0.2, 0.25) is 0 Å². The van der Waals surface area contributed by atoms with Gasteiger partial charge in [0.05, 0.1) is 0 Å². The highest BCUT2D eigenvalue weighted by molar-refractivity contribution is 7.80. The molecule has 0 saturated carbocycles. The van der Waals surface area contributed by atoms with Crippen molar-refractivity contribution < 1.29 is 4.74 Å². The summed E-state index contributed by atoms with van der Waals surface area (Å²) in [6.45, 7) is 8.80. The lowest BCUT2D eigenvalue weighted by Crippen LogP contribution is -2.38. The molecule has 2 nitrogen and oxygen atoms in total. The summed E-state index contributed by atoms with van der Waals surface area (Å²) in [4.78, 5) is 0. The van der Waals surface area contributed by atoms with Gasteiger partial charge >= 0.3 is 0 Å². The Morgan fingerprint density at radius 1 is 1.31 bits per heavy atom. The summed E-state index contributed by atoms with van der Waals surface area (Å²) in [5.41, 5.74) is 5.41. The molecule has 0 saturated heterocycles. The Hall–Kier alpha value is -0.310. The van der Waals surface area contributed by atoms with Crippen molar-refractivity contribution in [3.63, 3.8) is 0 Å². The first kappa shape index (κ1) is 15.7. The van der Waals surface area contributed by atoms with Gasteiger partial charge in [-0.15, -0.1) is 0 Å². The van der Waals surface area contributed by atoms with Gasteiger partial charge in [0.1, 0.15) is 5.60 Å². The van der Waals surface area contributed by atoms with Crippen LogP contribution in [0.2, 0.25) is 0 Å². The minimum Gasteiger partial charge on any atom is -0.465 e. The fraction of sp³-hybridized carbons (Fsp3) is 0.923. The van der Waals surface area contributed by atoms with Gasteiger partial charge < -0.3 is 10.5 Å². The second kappa shape index (κ2) is 7.88. The molecule has 0 aliphatic rings. The van der Waals surface area contributed by atoms with Gasteiger partial charge in [-0.25, -0.2) is 0 Å². The van der Waals surface area contributed by atoms with Crippen molar-refractivity contribution in [1.29, 1.82) is 0 Å². The zero-order valence-electron chi connectivity index (χ0n) is 11.2. The maximum Gasteiger partial charge on any atom is 0.254 e. The van der Waals surface area contributed by atoms with Gasteiger partial charge in [0, 0.05) is 0 Å². The third-order valence-electron chi connectivity index (χ3n) is 2.98. The van der Waals surface area contributed by atoms with Crippen molar-refractivity contribution >= 4 is 17.4 Å². The number of hydrogen-bond donors (Lipinski definition) is 1. The van der Waals surface area contributed by atoms with Crippen LogP contribution >= 0.6 is 12.2 Å². The molecule has 0 fully saturated rings. The maximum absolute atomic E-state index is 5.75. The average molecular weight is 245 g/mol. The smallest absolute Gasteiger partial charge is 0.254 e. The van der Waals surface area contributed by atoms with E-state index in [1.165, 1.54) is 19.3 Å². The molecule has 0 aromatic carbocycles. The van der Waals surface area contributed by atoms with Crippen LogP contribution in [-0.2, 0) is 4.74 Å². The third kappa shape index (κ3) is 6.31. The van der Waals surface area contributed by atoms with Crippen LogP contribution < -0.4 is 5.73 Å². The fourth-order valence-electron chi connectivity index (χ4n) is 2.24. The minimum absolute atomic E-state index is 0.130. The first-order valence-electron chi connectivity index (χ1n) is 6.44. The highest BCUT2D eigenvalue weighted by atomic mass is 32.1. The molecule has 0 radical (unpaired) electrons. The molecule has 96 valence electrons. The van der Waals surface area contributed by atoms with E-state index in [0.717, 1.165) is 19.3 Å². The van der Waals surface area contributed by atoms with E-state index in [1.54, 1.807) is 0 Å². The quantitative estimate of drug-likeness (QED) is 0.518. The summed E-state index contributed by atoms with van der Waals surface area (Å²) in [6.07, 6.45) is 6.75. The standard InChI is InChI=1S/C13H27NOS/c1-5-7-8-9-13(6-2,10-11(3)4)15-12(14)16/h11H,5-10H2,1-4H3,(H2,14,16). The van der Waals surface area contributed by atoms with Crippen LogP contribution in [0.25, 0.3) is 0 Å². The Kier molecular flexibility index (Phi) is 7.73. The van der Waals surface area contributed by atoms with Crippen LogP contribution in [0.5, 0.6) is 0 Å². The Balaban J connectivity index is 4.46. The van der Waals surface area contributed by atoms with Gasteiger partial charge in [-0.3, -0.25) is 0 Å². The summed E-state index contributed by atoms with van der Waals surface area (Å²) in [5, 5.41) is 0.194. The number of rotatable bonds is 8. The van der Waals surface area contributed by atoms with Gasteiger partial charge in [0.25, 0.3) is 5.17 Å². The van der Waals surface area contributed by atoms with Gasteiger partial charge in [-0.1, -0.05) is 40.5 Å². The van der Waals surface area contributed by atoms with Crippen LogP contribution in [0.1, 0.15) is 66.2 Å². The number of hydrogen-bond acceptors (Lipinski definition) is 2. The molecule has 1 unspecified atom stereocenters. The first-order chi connectivity index (χ1) is 7.45. The Bertz CT molecular complexity index is 206. The van der Waals surface area contributed by atoms with E-state index in [-0.39, 0.29) is 10.8 Å². The second-order valence-corrected chi connectivity index (χ2v) is 5.42. The molecule has 1 atom stereocenters. The molecule has 3 heteroatoms. The SMILES string of the molecule is CCCCCC(CC)(CC(C)C)OC(N)=S. The molecule has 0 amide bonds. The van der Waals surface area contributed by atoms with Gasteiger partial charge in [0.15, 0.2) is 0 Å². The summed E-state index contributed by atoms with van der Waals surface area (Å²) in [7, 11) is 0. The van der Waals surface area contributed by atoms with Crippen molar-refractivity contribution in [2.45, 2.75) is 71.8 Å². The van der Waals surface area contributed by atoms with Gasteiger partial charge in [-0.2, -0.15) is 0 Å². The van der Waals surface area contributed by atoms with Crippen molar-refractivity contribution in [3.05, 3.63) is 0 Å². The van der Waals surface area contributed by atoms with Crippen LogP contribution in [0, 0.1) is 5.92 Å². The zero-order chi connectivity index (χ0) is 12.6. The van der Waals surface area contributed by atoms with E-state index >= 15 is 0 Å². The van der Waals surface area contributed by atoms with Crippen LogP contribution in [0.3, 0.4) is 0 Å². The predicted octanol–water partition coefficient (Wildman–Crippen LogP) is 4.02.